The first kappa shape index (κ1) is 8.61. The van der Waals surface area contributed by atoms with Gasteiger partial charge in [0, 0.05) is 0 Å². The van der Waals surface area contributed by atoms with Crippen LogP contribution < -0.4 is 0 Å². The van der Waals surface area contributed by atoms with Crippen LogP contribution in [0.25, 0.3) is 0 Å². The lowest BCUT2D eigenvalue weighted by Gasteiger charge is -2.24. The van der Waals surface area contributed by atoms with Crippen molar-refractivity contribution in [1.82, 2.24) is 15.0 Å². The Kier molecular flexibility index (Phi) is 1.99. The molecular weight excluding hydrogens is 190 g/mol. The predicted molar refractivity (Wildman–Crippen MR) is 54.3 cm³/mol. The lowest BCUT2D eigenvalue weighted by atomic mass is 10.1. The number of nitrogens with zero attached hydrogens (tertiary/aromatic N) is 3. The van der Waals surface area contributed by atoms with Gasteiger partial charge in [-0.1, -0.05) is 35.5 Å². The minimum absolute atomic E-state index is 0.164. The molecule has 0 fully saturated rings. The van der Waals surface area contributed by atoms with E-state index in [-0.39, 0.29) is 6.04 Å². The van der Waals surface area contributed by atoms with Gasteiger partial charge in [-0.15, -0.1) is 5.10 Å². The molecule has 4 nitrogen and oxygen atoms in total. The molecule has 15 heavy (non-hydrogen) atoms. The van der Waals surface area contributed by atoms with E-state index in [2.05, 4.69) is 22.4 Å². The van der Waals surface area contributed by atoms with Crippen molar-refractivity contribution in [2.24, 2.45) is 0 Å². The molecule has 0 saturated heterocycles. The van der Waals surface area contributed by atoms with Crippen molar-refractivity contribution in [3.8, 4) is 0 Å². The quantitative estimate of drug-likeness (QED) is 0.700. The monoisotopic (exact) mass is 201 g/mol. The summed E-state index contributed by atoms with van der Waals surface area (Å²) in [6.45, 7) is 1.27. The van der Waals surface area contributed by atoms with E-state index in [0.717, 1.165) is 5.69 Å². The van der Waals surface area contributed by atoms with Crippen LogP contribution in [0.3, 0.4) is 0 Å². The van der Waals surface area contributed by atoms with Crippen molar-refractivity contribution in [2.45, 2.75) is 12.6 Å². The Hall–Kier alpha value is -1.68. The summed E-state index contributed by atoms with van der Waals surface area (Å²) < 4.78 is 7.46. The van der Waals surface area contributed by atoms with Gasteiger partial charge in [0.2, 0.25) is 0 Å². The second kappa shape index (κ2) is 3.47. The topological polar surface area (TPSA) is 39.9 Å². The molecule has 76 valence electrons. The van der Waals surface area contributed by atoms with E-state index in [1.165, 1.54) is 5.56 Å². The Morgan fingerprint density at radius 3 is 3.00 bits per heavy atom. The average Bonchev–Trinajstić information content (AvgIpc) is 2.78. The summed E-state index contributed by atoms with van der Waals surface area (Å²) in [5.41, 5.74) is 2.25. The van der Waals surface area contributed by atoms with E-state index in [0.29, 0.717) is 13.2 Å². The van der Waals surface area contributed by atoms with E-state index in [4.69, 9.17) is 4.74 Å². The Morgan fingerprint density at radius 1 is 1.27 bits per heavy atom. The van der Waals surface area contributed by atoms with Crippen molar-refractivity contribution in [3.63, 3.8) is 0 Å². The van der Waals surface area contributed by atoms with E-state index in [1.54, 1.807) is 6.20 Å². The van der Waals surface area contributed by atoms with Crippen molar-refractivity contribution < 1.29 is 4.74 Å². The zero-order valence-electron chi connectivity index (χ0n) is 8.21. The molecule has 0 spiro atoms. The minimum Gasteiger partial charge on any atom is -0.373 e. The van der Waals surface area contributed by atoms with Crippen LogP contribution in [0.15, 0.2) is 36.5 Å². The number of rotatable bonds is 1. The van der Waals surface area contributed by atoms with Crippen LogP contribution in [0.5, 0.6) is 0 Å². The molecule has 3 rings (SSSR count). The number of benzene rings is 1. The highest BCUT2D eigenvalue weighted by Gasteiger charge is 2.22. The zero-order chi connectivity index (χ0) is 10.1. The summed E-state index contributed by atoms with van der Waals surface area (Å²) in [6.07, 6.45) is 1.76. The largest absolute Gasteiger partial charge is 0.373 e. The first-order valence-electron chi connectivity index (χ1n) is 4.97. The number of hydrogen-bond donors (Lipinski definition) is 0. The molecule has 0 saturated carbocycles. The predicted octanol–water partition coefficient (Wildman–Crippen LogP) is 1.40. The SMILES string of the molecule is c1ccc([C@H]2COCc3cnnn32)cc1. The molecule has 1 aliphatic rings. The van der Waals surface area contributed by atoms with Crippen LogP contribution in [0, 0.1) is 0 Å². The maximum absolute atomic E-state index is 5.52. The maximum Gasteiger partial charge on any atom is 0.102 e. The Balaban J connectivity index is 2.03. The fraction of sp³-hybridized carbons (Fsp3) is 0.273. The standard InChI is InChI=1S/C11H11N3O/c1-2-4-9(5-3-1)11-8-15-7-10-6-12-13-14(10)11/h1-6,11H,7-8H2/t11-/m1/s1. The number of aromatic nitrogens is 3. The molecule has 1 aliphatic heterocycles. The first-order chi connectivity index (χ1) is 7.45. The summed E-state index contributed by atoms with van der Waals surface area (Å²) >= 11 is 0. The van der Waals surface area contributed by atoms with Gasteiger partial charge in [-0.25, -0.2) is 4.68 Å². The molecule has 0 unspecified atom stereocenters. The van der Waals surface area contributed by atoms with Crippen LogP contribution in [-0.4, -0.2) is 21.6 Å². The average molecular weight is 201 g/mol. The van der Waals surface area contributed by atoms with Crippen molar-refractivity contribution >= 4 is 0 Å². The molecular formula is C11H11N3O. The highest BCUT2D eigenvalue weighted by Crippen LogP contribution is 2.23. The second-order valence-electron chi connectivity index (χ2n) is 3.61. The Bertz CT molecular complexity index is 452. The zero-order valence-corrected chi connectivity index (χ0v) is 8.21. The summed E-state index contributed by atoms with van der Waals surface area (Å²) in [5.74, 6) is 0. The van der Waals surface area contributed by atoms with E-state index in [9.17, 15) is 0 Å². The van der Waals surface area contributed by atoms with Gasteiger partial charge < -0.3 is 4.74 Å². The third kappa shape index (κ3) is 1.43. The number of ether oxygens (including phenoxy) is 1. The third-order valence-corrected chi connectivity index (χ3v) is 2.65. The molecule has 0 aliphatic carbocycles. The fourth-order valence-electron chi connectivity index (χ4n) is 1.89. The van der Waals surface area contributed by atoms with Gasteiger partial charge in [0.15, 0.2) is 0 Å². The van der Waals surface area contributed by atoms with Gasteiger partial charge in [0.05, 0.1) is 25.1 Å². The number of fused-ring (bicyclic) bond motifs is 1. The van der Waals surface area contributed by atoms with Crippen LogP contribution in [-0.2, 0) is 11.3 Å². The molecule has 0 amide bonds. The van der Waals surface area contributed by atoms with E-state index < -0.39 is 0 Å². The minimum atomic E-state index is 0.164. The summed E-state index contributed by atoms with van der Waals surface area (Å²) in [7, 11) is 0. The first-order valence-corrected chi connectivity index (χ1v) is 4.97. The Labute approximate surface area is 87.5 Å². The molecule has 2 aromatic rings. The van der Waals surface area contributed by atoms with E-state index >= 15 is 0 Å². The molecule has 4 heteroatoms. The molecule has 0 radical (unpaired) electrons. The van der Waals surface area contributed by atoms with Crippen LogP contribution in [0.1, 0.15) is 17.3 Å². The summed E-state index contributed by atoms with van der Waals surface area (Å²) in [5, 5.41) is 8.01. The molecule has 1 aromatic carbocycles. The van der Waals surface area contributed by atoms with Crippen molar-refractivity contribution in [1.29, 1.82) is 0 Å². The highest BCUT2D eigenvalue weighted by molar-refractivity contribution is 5.21. The smallest absolute Gasteiger partial charge is 0.102 e. The highest BCUT2D eigenvalue weighted by atomic mass is 16.5. The fourth-order valence-corrected chi connectivity index (χ4v) is 1.89. The molecule has 1 atom stereocenters. The van der Waals surface area contributed by atoms with Gasteiger partial charge in [-0.3, -0.25) is 0 Å². The van der Waals surface area contributed by atoms with Crippen LogP contribution >= 0.6 is 0 Å². The lowest BCUT2D eigenvalue weighted by molar-refractivity contribution is 0.0635. The van der Waals surface area contributed by atoms with Crippen LogP contribution in [0.4, 0.5) is 0 Å². The van der Waals surface area contributed by atoms with Crippen LogP contribution in [0.2, 0.25) is 0 Å². The van der Waals surface area contributed by atoms with Crippen molar-refractivity contribution in [2.75, 3.05) is 6.61 Å². The molecule has 1 aromatic heterocycles. The third-order valence-electron chi connectivity index (χ3n) is 2.65. The van der Waals surface area contributed by atoms with Gasteiger partial charge in [0.1, 0.15) is 6.04 Å². The van der Waals surface area contributed by atoms with Gasteiger partial charge in [-0.05, 0) is 5.56 Å². The number of hydrogen-bond acceptors (Lipinski definition) is 3. The molecule has 2 heterocycles. The second-order valence-corrected chi connectivity index (χ2v) is 3.61. The summed E-state index contributed by atoms with van der Waals surface area (Å²) in [4.78, 5) is 0. The normalized spacial score (nSPS) is 19.9. The lowest BCUT2D eigenvalue weighted by Crippen LogP contribution is -2.25. The van der Waals surface area contributed by atoms with E-state index in [1.807, 2.05) is 22.9 Å². The Morgan fingerprint density at radius 2 is 2.13 bits per heavy atom. The van der Waals surface area contributed by atoms with Gasteiger partial charge in [-0.2, -0.15) is 0 Å². The molecule has 0 N–H and O–H groups in total. The van der Waals surface area contributed by atoms with Gasteiger partial charge in [0.25, 0.3) is 0 Å². The van der Waals surface area contributed by atoms with Crippen molar-refractivity contribution in [3.05, 3.63) is 47.8 Å². The molecule has 0 bridgehead atoms. The van der Waals surface area contributed by atoms with Gasteiger partial charge >= 0.3 is 0 Å². The summed E-state index contributed by atoms with van der Waals surface area (Å²) in [6, 6.07) is 10.4. The maximum atomic E-state index is 5.52.